The predicted octanol–water partition coefficient (Wildman–Crippen LogP) is 5.18. The molecule has 2 aromatic carbocycles. The molecule has 2 aliphatic rings. The van der Waals surface area contributed by atoms with Crippen LogP contribution in [0.5, 0.6) is 0 Å². The van der Waals surface area contributed by atoms with Crippen molar-refractivity contribution in [3.05, 3.63) is 81.9 Å². The zero-order chi connectivity index (χ0) is 17.8. The topological polar surface area (TPSA) is 15.6 Å². The fourth-order valence-corrected chi connectivity index (χ4v) is 4.22. The van der Waals surface area contributed by atoms with Gasteiger partial charge in [0.1, 0.15) is 0 Å². The molecule has 0 aliphatic carbocycles. The molecule has 2 heterocycles. The van der Waals surface area contributed by atoms with Crippen LogP contribution >= 0.6 is 11.6 Å². The highest BCUT2D eigenvalue weighted by atomic mass is 35.5. The van der Waals surface area contributed by atoms with Crippen LogP contribution in [0.25, 0.3) is 0 Å². The maximum atomic E-state index is 5.99. The summed E-state index contributed by atoms with van der Waals surface area (Å²) in [5.41, 5.74) is 5.77. The Morgan fingerprint density at radius 2 is 1.65 bits per heavy atom. The van der Waals surface area contributed by atoms with Crippen LogP contribution in [-0.2, 0) is 13.0 Å². The summed E-state index contributed by atoms with van der Waals surface area (Å²) in [6.45, 7) is 4.26. The van der Waals surface area contributed by atoms with Gasteiger partial charge in [0.05, 0.1) is 6.54 Å². The number of aliphatic imine (C=N–C) groups is 1. The first-order valence-electron chi connectivity index (χ1n) is 9.50. The van der Waals surface area contributed by atoms with Crippen molar-refractivity contribution in [2.75, 3.05) is 19.6 Å². The Morgan fingerprint density at radius 1 is 0.923 bits per heavy atom. The lowest BCUT2D eigenvalue weighted by atomic mass is 9.85. The van der Waals surface area contributed by atoms with Crippen LogP contribution in [0.2, 0.25) is 5.02 Å². The van der Waals surface area contributed by atoms with E-state index in [1.165, 1.54) is 29.5 Å². The number of nitrogens with zero attached hydrogens (tertiary/aromatic N) is 2. The molecule has 1 fully saturated rings. The number of hydrogen-bond donors (Lipinski definition) is 0. The van der Waals surface area contributed by atoms with Gasteiger partial charge >= 0.3 is 0 Å². The van der Waals surface area contributed by atoms with Crippen LogP contribution in [0.3, 0.4) is 0 Å². The second kappa shape index (κ2) is 8.20. The van der Waals surface area contributed by atoms with Crippen molar-refractivity contribution in [3.8, 4) is 0 Å². The summed E-state index contributed by atoms with van der Waals surface area (Å²) in [6.07, 6.45) is 5.61. The van der Waals surface area contributed by atoms with Crippen molar-refractivity contribution in [1.29, 1.82) is 0 Å². The lowest BCUT2D eigenvalue weighted by Gasteiger charge is -2.33. The summed E-state index contributed by atoms with van der Waals surface area (Å²) in [6, 6.07) is 19.0. The lowest BCUT2D eigenvalue weighted by molar-refractivity contribution is 0.191. The van der Waals surface area contributed by atoms with Crippen molar-refractivity contribution in [2.24, 2.45) is 10.9 Å². The molecule has 4 rings (SSSR count). The molecule has 1 saturated heterocycles. The van der Waals surface area contributed by atoms with E-state index in [9.17, 15) is 0 Å². The molecule has 0 radical (unpaired) electrons. The van der Waals surface area contributed by atoms with Gasteiger partial charge in [-0.2, -0.15) is 0 Å². The third kappa shape index (κ3) is 4.25. The molecule has 0 aromatic heterocycles. The number of piperidine rings is 1. The summed E-state index contributed by atoms with van der Waals surface area (Å²) in [4.78, 5) is 7.15. The van der Waals surface area contributed by atoms with Crippen molar-refractivity contribution < 1.29 is 0 Å². The number of halogens is 1. The third-order valence-corrected chi connectivity index (χ3v) is 5.81. The maximum absolute atomic E-state index is 5.99. The number of benzene rings is 2. The average Bonchev–Trinajstić information content (AvgIpc) is 3.13. The molecule has 3 heteroatoms. The average molecular weight is 365 g/mol. The Hall–Kier alpha value is -1.90. The summed E-state index contributed by atoms with van der Waals surface area (Å²) in [7, 11) is 0. The first kappa shape index (κ1) is 17.5. The van der Waals surface area contributed by atoms with E-state index in [1.807, 2.05) is 12.1 Å². The molecule has 26 heavy (non-hydrogen) atoms. The van der Waals surface area contributed by atoms with E-state index in [0.29, 0.717) is 5.92 Å². The minimum Gasteiger partial charge on any atom is -0.299 e. The van der Waals surface area contributed by atoms with E-state index in [0.717, 1.165) is 37.6 Å². The van der Waals surface area contributed by atoms with Gasteiger partial charge in [0.25, 0.3) is 0 Å². The normalized spacial score (nSPS) is 18.7. The largest absolute Gasteiger partial charge is 0.299 e. The molecule has 2 aromatic rings. The molecule has 0 unspecified atom stereocenters. The van der Waals surface area contributed by atoms with Gasteiger partial charge in [0.15, 0.2) is 0 Å². The SMILES string of the molecule is Clc1ccc(CN2CCC(C3=C(Cc4ccccc4)C=NC3)CC2)cc1. The highest BCUT2D eigenvalue weighted by Gasteiger charge is 2.25. The number of hydrogen-bond acceptors (Lipinski definition) is 2. The molecular weight excluding hydrogens is 340 g/mol. The quantitative estimate of drug-likeness (QED) is 0.714. The van der Waals surface area contributed by atoms with Crippen LogP contribution < -0.4 is 0 Å². The van der Waals surface area contributed by atoms with E-state index in [-0.39, 0.29) is 0 Å². The summed E-state index contributed by atoms with van der Waals surface area (Å²) < 4.78 is 0. The smallest absolute Gasteiger partial charge is 0.0608 e. The molecule has 0 N–H and O–H groups in total. The highest BCUT2D eigenvalue weighted by molar-refractivity contribution is 6.30. The van der Waals surface area contributed by atoms with Crippen molar-refractivity contribution >= 4 is 17.8 Å². The van der Waals surface area contributed by atoms with Gasteiger partial charge in [-0.15, -0.1) is 0 Å². The minimum absolute atomic E-state index is 0.692. The molecule has 134 valence electrons. The zero-order valence-corrected chi connectivity index (χ0v) is 15.8. The summed E-state index contributed by atoms with van der Waals surface area (Å²) in [5.74, 6) is 0.692. The van der Waals surface area contributed by atoms with E-state index in [1.54, 1.807) is 5.57 Å². The van der Waals surface area contributed by atoms with Crippen molar-refractivity contribution in [1.82, 2.24) is 4.90 Å². The second-order valence-corrected chi connectivity index (χ2v) is 7.80. The molecule has 2 nitrogen and oxygen atoms in total. The van der Waals surface area contributed by atoms with Gasteiger partial charge in [-0.3, -0.25) is 9.89 Å². The van der Waals surface area contributed by atoms with E-state index < -0.39 is 0 Å². The molecular formula is C23H25ClN2. The van der Waals surface area contributed by atoms with Gasteiger partial charge in [-0.1, -0.05) is 54.1 Å². The van der Waals surface area contributed by atoms with Crippen LogP contribution in [0.1, 0.15) is 24.0 Å². The van der Waals surface area contributed by atoms with Gasteiger partial charge in [-0.25, -0.2) is 0 Å². The number of allylic oxidation sites excluding steroid dienone is 1. The number of rotatable bonds is 5. The molecule has 0 bridgehead atoms. The first-order valence-corrected chi connectivity index (χ1v) is 9.88. The monoisotopic (exact) mass is 364 g/mol. The predicted molar refractivity (Wildman–Crippen MR) is 110 cm³/mol. The van der Waals surface area contributed by atoms with Gasteiger partial charge < -0.3 is 0 Å². The Balaban J connectivity index is 1.36. The van der Waals surface area contributed by atoms with Gasteiger partial charge in [-0.05, 0) is 72.7 Å². The molecule has 0 saturated carbocycles. The summed E-state index contributed by atoms with van der Waals surface area (Å²) >= 11 is 5.99. The standard InChI is InChI=1S/C23H25ClN2/c24-22-8-6-19(7-9-22)17-26-12-10-20(11-13-26)23-16-25-15-21(23)14-18-4-2-1-3-5-18/h1-9,15,20H,10-14,16-17H2. The van der Waals surface area contributed by atoms with Crippen LogP contribution in [0.4, 0.5) is 0 Å². The Labute approximate surface area is 161 Å². The second-order valence-electron chi connectivity index (χ2n) is 7.36. The molecule has 0 spiro atoms. The van der Waals surface area contributed by atoms with Crippen LogP contribution in [0, 0.1) is 5.92 Å². The van der Waals surface area contributed by atoms with E-state index in [2.05, 4.69) is 58.6 Å². The molecule has 2 aliphatic heterocycles. The number of likely N-dealkylation sites (tertiary alicyclic amines) is 1. The fourth-order valence-electron chi connectivity index (χ4n) is 4.09. The van der Waals surface area contributed by atoms with Crippen molar-refractivity contribution in [2.45, 2.75) is 25.8 Å². The van der Waals surface area contributed by atoms with Gasteiger partial charge in [0, 0.05) is 17.8 Å². The Morgan fingerprint density at radius 3 is 2.38 bits per heavy atom. The zero-order valence-electron chi connectivity index (χ0n) is 15.1. The van der Waals surface area contributed by atoms with Crippen LogP contribution in [-0.4, -0.2) is 30.7 Å². The highest BCUT2D eigenvalue weighted by Crippen LogP contribution is 2.31. The summed E-state index contributed by atoms with van der Waals surface area (Å²) in [5, 5.41) is 0.812. The Kier molecular flexibility index (Phi) is 5.52. The maximum Gasteiger partial charge on any atom is 0.0608 e. The molecule has 0 amide bonds. The lowest BCUT2D eigenvalue weighted by Crippen LogP contribution is -2.34. The van der Waals surface area contributed by atoms with E-state index >= 15 is 0 Å². The Bertz CT molecular complexity index is 785. The van der Waals surface area contributed by atoms with Crippen LogP contribution in [0.15, 0.2) is 70.7 Å². The first-order chi connectivity index (χ1) is 12.8. The van der Waals surface area contributed by atoms with Crippen molar-refractivity contribution in [3.63, 3.8) is 0 Å². The fraction of sp³-hybridized carbons (Fsp3) is 0.348. The minimum atomic E-state index is 0.692. The third-order valence-electron chi connectivity index (χ3n) is 5.56. The van der Waals surface area contributed by atoms with Gasteiger partial charge in [0.2, 0.25) is 0 Å². The molecule has 0 atom stereocenters. The van der Waals surface area contributed by atoms with E-state index in [4.69, 9.17) is 11.6 Å².